The number of benzene rings is 5. The number of halogens is 1. The van der Waals surface area contributed by atoms with E-state index in [1.54, 1.807) is 18.2 Å². The van der Waals surface area contributed by atoms with Crippen LogP contribution in [0.5, 0.6) is 0 Å². The second kappa shape index (κ2) is 7.22. The zero-order chi connectivity index (χ0) is 22.6. The lowest BCUT2D eigenvalue weighted by Crippen LogP contribution is -2.26. The van der Waals surface area contributed by atoms with Gasteiger partial charge < -0.3 is 5.11 Å². The molecule has 1 aliphatic rings. The summed E-state index contributed by atoms with van der Waals surface area (Å²) in [6.45, 7) is 0. The van der Waals surface area contributed by atoms with Crippen LogP contribution < -0.4 is 0 Å². The van der Waals surface area contributed by atoms with Crippen molar-refractivity contribution in [1.82, 2.24) is 0 Å². The highest BCUT2D eigenvalue weighted by Gasteiger charge is 2.46. The minimum absolute atomic E-state index is 0.134. The number of rotatable bonds is 3. The van der Waals surface area contributed by atoms with Gasteiger partial charge in [-0.1, -0.05) is 91.0 Å². The third-order valence-electron chi connectivity index (χ3n) is 6.52. The zero-order valence-corrected chi connectivity index (χ0v) is 17.6. The highest BCUT2D eigenvalue weighted by atomic mass is 19.1. The van der Waals surface area contributed by atoms with Crippen LogP contribution >= 0.6 is 0 Å². The molecule has 0 saturated carbocycles. The summed E-state index contributed by atoms with van der Waals surface area (Å²) in [4.78, 5) is 13.7. The predicted molar refractivity (Wildman–Crippen MR) is 128 cm³/mol. The van der Waals surface area contributed by atoms with E-state index in [0.717, 1.165) is 5.56 Å². The van der Waals surface area contributed by atoms with Crippen molar-refractivity contribution in [3.63, 3.8) is 0 Å². The predicted octanol–water partition coefficient (Wildman–Crippen LogP) is 6.47. The molecule has 0 saturated heterocycles. The summed E-state index contributed by atoms with van der Waals surface area (Å²) in [5.74, 6) is -0.525. The summed E-state index contributed by atoms with van der Waals surface area (Å²) in [5.41, 5.74) is 2.88. The Morgan fingerprint density at radius 2 is 1.42 bits per heavy atom. The van der Waals surface area contributed by atoms with Crippen LogP contribution in [0.15, 0.2) is 109 Å². The number of aliphatic hydroxyl groups is 1. The first-order chi connectivity index (χ1) is 16.1. The molecule has 1 unspecified atom stereocenters. The molecule has 0 bridgehead atoms. The molecule has 6 rings (SSSR count). The lowest BCUT2D eigenvalue weighted by atomic mass is 9.81. The van der Waals surface area contributed by atoms with Gasteiger partial charge in [0.1, 0.15) is 11.4 Å². The molecule has 0 radical (unpaired) electrons. The number of hydrogen-bond donors (Lipinski definition) is 1. The van der Waals surface area contributed by atoms with E-state index in [-0.39, 0.29) is 5.78 Å². The first-order valence-corrected chi connectivity index (χ1v) is 10.8. The lowest BCUT2D eigenvalue weighted by molar-refractivity contribution is 0.103. The molecule has 3 heteroatoms. The summed E-state index contributed by atoms with van der Waals surface area (Å²) in [7, 11) is 0. The van der Waals surface area contributed by atoms with Gasteiger partial charge in [-0.3, -0.25) is 4.79 Å². The van der Waals surface area contributed by atoms with E-state index in [9.17, 15) is 14.3 Å². The van der Waals surface area contributed by atoms with Gasteiger partial charge in [0.2, 0.25) is 0 Å². The van der Waals surface area contributed by atoms with Gasteiger partial charge in [-0.15, -0.1) is 0 Å². The van der Waals surface area contributed by atoms with Crippen LogP contribution in [0.25, 0.3) is 21.9 Å². The highest BCUT2D eigenvalue weighted by Crippen LogP contribution is 2.54. The van der Waals surface area contributed by atoms with Gasteiger partial charge in [0.05, 0.1) is 0 Å². The first-order valence-electron chi connectivity index (χ1n) is 10.8. The molecule has 1 aliphatic carbocycles. The van der Waals surface area contributed by atoms with Crippen LogP contribution in [-0.2, 0) is 5.60 Å². The molecular formula is C30H19FO2. The number of ketones is 1. The standard InChI is InChI=1S/C30H19FO2/c31-22-16-15-20-17-25(29(32)19-9-3-1-4-10-19)27-23-13-7-8-14-26(23)30(33,28(27)24(20)18-22)21-11-5-2-6-12-21/h1-18,33H. The second-order valence-electron chi connectivity index (χ2n) is 8.36. The summed E-state index contributed by atoms with van der Waals surface area (Å²) >= 11 is 0. The Morgan fingerprint density at radius 1 is 0.758 bits per heavy atom. The highest BCUT2D eigenvalue weighted by molar-refractivity contribution is 6.17. The largest absolute Gasteiger partial charge is 0.376 e. The molecule has 0 amide bonds. The molecule has 1 N–H and O–H groups in total. The zero-order valence-electron chi connectivity index (χ0n) is 17.6. The summed E-state index contributed by atoms with van der Waals surface area (Å²) < 4.78 is 14.5. The van der Waals surface area contributed by atoms with Gasteiger partial charge in [-0.05, 0) is 40.1 Å². The number of carbonyl (C=O) groups excluding carboxylic acids is 1. The first kappa shape index (κ1) is 19.6. The molecule has 33 heavy (non-hydrogen) atoms. The van der Waals surface area contributed by atoms with Crippen LogP contribution in [-0.4, -0.2) is 10.9 Å². The Hall–Kier alpha value is -4.08. The van der Waals surface area contributed by atoms with Gasteiger partial charge >= 0.3 is 0 Å². The van der Waals surface area contributed by atoms with Crippen molar-refractivity contribution in [3.8, 4) is 11.1 Å². The van der Waals surface area contributed by atoms with Crippen molar-refractivity contribution >= 4 is 16.6 Å². The van der Waals surface area contributed by atoms with Crippen molar-refractivity contribution in [2.75, 3.05) is 0 Å². The molecule has 158 valence electrons. The van der Waals surface area contributed by atoms with Crippen LogP contribution in [0, 0.1) is 5.82 Å². The quantitative estimate of drug-likeness (QED) is 0.333. The molecule has 5 aromatic carbocycles. The maximum atomic E-state index is 14.5. The van der Waals surface area contributed by atoms with Crippen LogP contribution in [0.2, 0.25) is 0 Å². The Kier molecular flexibility index (Phi) is 4.29. The molecule has 2 nitrogen and oxygen atoms in total. The van der Waals surface area contributed by atoms with Gasteiger partial charge in [0, 0.05) is 27.8 Å². The molecule has 0 aromatic heterocycles. The number of fused-ring (bicyclic) bond motifs is 5. The maximum Gasteiger partial charge on any atom is 0.193 e. The third kappa shape index (κ3) is 2.80. The van der Waals surface area contributed by atoms with Crippen molar-refractivity contribution in [2.45, 2.75) is 5.60 Å². The molecule has 0 fully saturated rings. The van der Waals surface area contributed by atoms with E-state index in [0.29, 0.717) is 44.2 Å². The summed E-state index contributed by atoms with van der Waals surface area (Å²) in [5, 5.41) is 13.7. The smallest absolute Gasteiger partial charge is 0.193 e. The normalized spacial score (nSPS) is 16.4. The Balaban J connectivity index is 1.79. The monoisotopic (exact) mass is 430 g/mol. The van der Waals surface area contributed by atoms with Crippen molar-refractivity contribution in [2.24, 2.45) is 0 Å². The number of hydrogen-bond acceptors (Lipinski definition) is 2. The van der Waals surface area contributed by atoms with Crippen molar-refractivity contribution < 1.29 is 14.3 Å². The second-order valence-corrected chi connectivity index (χ2v) is 8.36. The van der Waals surface area contributed by atoms with Crippen LogP contribution in [0.3, 0.4) is 0 Å². The van der Waals surface area contributed by atoms with Crippen molar-refractivity contribution in [3.05, 3.63) is 143 Å². The molecule has 0 aliphatic heterocycles. The maximum absolute atomic E-state index is 14.5. The third-order valence-corrected chi connectivity index (χ3v) is 6.52. The lowest BCUT2D eigenvalue weighted by Gasteiger charge is -2.28. The van der Waals surface area contributed by atoms with E-state index in [4.69, 9.17) is 0 Å². The topological polar surface area (TPSA) is 37.3 Å². The fraction of sp³-hybridized carbons (Fsp3) is 0.0333. The fourth-order valence-corrected chi connectivity index (χ4v) is 5.08. The fourth-order valence-electron chi connectivity index (χ4n) is 5.08. The van der Waals surface area contributed by atoms with Crippen LogP contribution in [0.1, 0.15) is 32.6 Å². The van der Waals surface area contributed by atoms with Gasteiger partial charge in [-0.2, -0.15) is 0 Å². The average molecular weight is 430 g/mol. The van der Waals surface area contributed by atoms with E-state index < -0.39 is 11.4 Å². The van der Waals surface area contributed by atoms with E-state index in [1.807, 2.05) is 78.9 Å². The van der Waals surface area contributed by atoms with Crippen LogP contribution in [0.4, 0.5) is 4.39 Å². The molecular weight excluding hydrogens is 411 g/mol. The SMILES string of the molecule is O=C(c1ccccc1)c1cc2ccc(F)cc2c2c1-c1ccccc1C2(O)c1ccccc1. The molecule has 0 heterocycles. The molecule has 1 atom stereocenters. The van der Waals surface area contributed by atoms with Gasteiger partial charge in [0.15, 0.2) is 5.78 Å². The van der Waals surface area contributed by atoms with Gasteiger partial charge in [-0.25, -0.2) is 4.39 Å². The summed E-state index contributed by atoms with van der Waals surface area (Å²) in [6.07, 6.45) is 0. The van der Waals surface area contributed by atoms with E-state index >= 15 is 0 Å². The minimum Gasteiger partial charge on any atom is -0.376 e. The Labute approximate surface area is 190 Å². The Bertz CT molecular complexity index is 1540. The van der Waals surface area contributed by atoms with Gasteiger partial charge in [0.25, 0.3) is 0 Å². The average Bonchev–Trinajstić information content (AvgIpc) is 3.15. The van der Waals surface area contributed by atoms with E-state index in [2.05, 4.69) is 0 Å². The molecule has 0 spiro atoms. The Morgan fingerprint density at radius 3 is 2.18 bits per heavy atom. The van der Waals surface area contributed by atoms with Crippen molar-refractivity contribution in [1.29, 1.82) is 0 Å². The molecule has 5 aromatic rings. The van der Waals surface area contributed by atoms with E-state index in [1.165, 1.54) is 12.1 Å². The number of carbonyl (C=O) groups is 1. The minimum atomic E-state index is -1.52. The summed E-state index contributed by atoms with van der Waals surface area (Å²) in [6, 6.07) is 32.3.